The van der Waals surface area contributed by atoms with E-state index in [-0.39, 0.29) is 18.7 Å². The van der Waals surface area contributed by atoms with Crippen LogP contribution in [0, 0.1) is 0 Å². The van der Waals surface area contributed by atoms with Crippen molar-refractivity contribution in [3.05, 3.63) is 83.1 Å². The molecule has 3 aromatic rings. The highest BCUT2D eigenvalue weighted by molar-refractivity contribution is 6.30. The van der Waals surface area contributed by atoms with Crippen molar-refractivity contribution in [3.63, 3.8) is 0 Å². The summed E-state index contributed by atoms with van der Waals surface area (Å²) in [7, 11) is 0. The van der Waals surface area contributed by atoms with E-state index in [1.165, 1.54) is 0 Å². The van der Waals surface area contributed by atoms with Gasteiger partial charge in [0.25, 0.3) is 5.91 Å². The first-order valence-corrected chi connectivity index (χ1v) is 9.50. The lowest BCUT2D eigenvalue weighted by atomic mass is 10.00. The van der Waals surface area contributed by atoms with Gasteiger partial charge in [-0.2, -0.15) is 0 Å². The predicted octanol–water partition coefficient (Wildman–Crippen LogP) is 4.14. The Bertz CT molecular complexity index is 995. The molecule has 6 nitrogen and oxygen atoms in total. The standard InChI is InChI=1S/C22H19ClN2O4/c1-14(29-18-8-9-19-20(11-18)28-13-27-19)22(26)25-21(16-3-2-10-24-12-16)15-4-6-17(23)7-5-15/h2-12,14,21H,13H2,1H3,(H,25,26)/t14-,21-/m1/s1. The van der Waals surface area contributed by atoms with E-state index in [0.29, 0.717) is 22.3 Å². The summed E-state index contributed by atoms with van der Waals surface area (Å²) in [4.78, 5) is 17.0. The maximum atomic E-state index is 12.9. The number of pyridine rings is 1. The van der Waals surface area contributed by atoms with Crippen molar-refractivity contribution in [1.29, 1.82) is 0 Å². The van der Waals surface area contributed by atoms with Crippen molar-refractivity contribution in [2.75, 3.05) is 6.79 Å². The van der Waals surface area contributed by atoms with Crippen LogP contribution in [0.3, 0.4) is 0 Å². The second-order valence-electron chi connectivity index (χ2n) is 6.55. The number of benzene rings is 2. The van der Waals surface area contributed by atoms with Crippen LogP contribution in [0.1, 0.15) is 24.1 Å². The van der Waals surface area contributed by atoms with Gasteiger partial charge < -0.3 is 19.5 Å². The first kappa shape index (κ1) is 19.1. The molecule has 4 rings (SSSR count). The van der Waals surface area contributed by atoms with Crippen LogP contribution < -0.4 is 19.5 Å². The largest absolute Gasteiger partial charge is 0.481 e. The Balaban J connectivity index is 1.50. The van der Waals surface area contributed by atoms with Crippen molar-refractivity contribution in [2.24, 2.45) is 0 Å². The zero-order valence-corrected chi connectivity index (χ0v) is 16.4. The van der Waals surface area contributed by atoms with Crippen molar-refractivity contribution < 1.29 is 19.0 Å². The number of fused-ring (bicyclic) bond motifs is 1. The van der Waals surface area contributed by atoms with Crippen LogP contribution in [0.2, 0.25) is 5.02 Å². The van der Waals surface area contributed by atoms with Gasteiger partial charge in [-0.1, -0.05) is 29.8 Å². The molecule has 0 spiro atoms. The van der Waals surface area contributed by atoms with Gasteiger partial charge in [-0.05, 0) is 48.4 Å². The number of carbonyl (C=O) groups is 1. The summed E-state index contributed by atoms with van der Waals surface area (Å²) in [6.45, 7) is 1.88. The first-order valence-electron chi connectivity index (χ1n) is 9.12. The number of rotatable bonds is 6. The molecule has 2 atom stereocenters. The second-order valence-corrected chi connectivity index (χ2v) is 6.99. The van der Waals surface area contributed by atoms with Gasteiger partial charge in [0.1, 0.15) is 5.75 Å². The normalized spacial score (nSPS) is 14.1. The van der Waals surface area contributed by atoms with Gasteiger partial charge in [0.2, 0.25) is 6.79 Å². The highest BCUT2D eigenvalue weighted by Crippen LogP contribution is 2.35. The number of amides is 1. The fraction of sp³-hybridized carbons (Fsp3) is 0.182. The van der Waals surface area contributed by atoms with E-state index in [9.17, 15) is 4.79 Å². The van der Waals surface area contributed by atoms with Crippen LogP contribution in [-0.4, -0.2) is 23.8 Å². The number of hydrogen-bond acceptors (Lipinski definition) is 5. The number of halogens is 1. The van der Waals surface area contributed by atoms with Gasteiger partial charge >= 0.3 is 0 Å². The highest BCUT2D eigenvalue weighted by Gasteiger charge is 2.23. The van der Waals surface area contributed by atoms with Gasteiger partial charge in [0.05, 0.1) is 6.04 Å². The maximum Gasteiger partial charge on any atom is 0.261 e. The summed E-state index contributed by atoms with van der Waals surface area (Å²) < 4.78 is 16.5. The van der Waals surface area contributed by atoms with Gasteiger partial charge in [0.15, 0.2) is 17.6 Å². The lowest BCUT2D eigenvalue weighted by molar-refractivity contribution is -0.127. The van der Waals surface area contributed by atoms with E-state index in [0.717, 1.165) is 11.1 Å². The Morgan fingerprint density at radius 3 is 2.66 bits per heavy atom. The van der Waals surface area contributed by atoms with Crippen LogP contribution in [0.4, 0.5) is 0 Å². The fourth-order valence-corrected chi connectivity index (χ4v) is 3.15. The fourth-order valence-electron chi connectivity index (χ4n) is 3.03. The number of nitrogens with one attached hydrogen (secondary N) is 1. The third-order valence-electron chi connectivity index (χ3n) is 4.53. The van der Waals surface area contributed by atoms with Crippen molar-refractivity contribution in [1.82, 2.24) is 10.3 Å². The molecule has 2 heterocycles. The summed E-state index contributed by atoms with van der Waals surface area (Å²) in [6, 6.07) is 15.9. The highest BCUT2D eigenvalue weighted by atomic mass is 35.5. The quantitative estimate of drug-likeness (QED) is 0.661. The monoisotopic (exact) mass is 410 g/mol. The number of nitrogens with zero attached hydrogens (tertiary/aromatic N) is 1. The minimum atomic E-state index is -0.721. The van der Waals surface area contributed by atoms with Crippen LogP contribution in [0.5, 0.6) is 17.2 Å². The third-order valence-corrected chi connectivity index (χ3v) is 4.79. The van der Waals surface area contributed by atoms with Crippen LogP contribution in [-0.2, 0) is 4.79 Å². The Morgan fingerprint density at radius 2 is 1.90 bits per heavy atom. The first-order chi connectivity index (χ1) is 14.1. The zero-order valence-electron chi connectivity index (χ0n) is 15.7. The predicted molar refractivity (Wildman–Crippen MR) is 108 cm³/mol. The van der Waals surface area contributed by atoms with Gasteiger partial charge in [-0.15, -0.1) is 0 Å². The van der Waals surface area contributed by atoms with E-state index >= 15 is 0 Å². The minimum absolute atomic E-state index is 0.183. The molecule has 148 valence electrons. The van der Waals surface area contributed by atoms with E-state index in [1.807, 2.05) is 24.3 Å². The summed E-state index contributed by atoms with van der Waals surface area (Å²) >= 11 is 6.01. The molecule has 1 aromatic heterocycles. The molecule has 1 aliphatic heterocycles. The topological polar surface area (TPSA) is 69.7 Å². The maximum absolute atomic E-state index is 12.9. The zero-order chi connectivity index (χ0) is 20.2. The summed E-state index contributed by atoms with van der Waals surface area (Å²) in [6.07, 6.45) is 2.69. The number of ether oxygens (including phenoxy) is 3. The van der Waals surface area contributed by atoms with Gasteiger partial charge in [0, 0.05) is 23.5 Å². The van der Waals surface area contributed by atoms with Crippen LogP contribution in [0.25, 0.3) is 0 Å². The Hall–Kier alpha value is -3.25. The molecule has 7 heteroatoms. The molecule has 1 aliphatic rings. The minimum Gasteiger partial charge on any atom is -0.481 e. The smallest absolute Gasteiger partial charge is 0.261 e. The van der Waals surface area contributed by atoms with Crippen LogP contribution in [0.15, 0.2) is 67.0 Å². The molecule has 29 heavy (non-hydrogen) atoms. The Kier molecular flexibility index (Phi) is 5.53. The molecular weight excluding hydrogens is 392 g/mol. The van der Waals surface area contributed by atoms with Crippen molar-refractivity contribution >= 4 is 17.5 Å². The number of aromatic nitrogens is 1. The molecule has 0 radical (unpaired) electrons. The van der Waals surface area contributed by atoms with E-state index in [1.54, 1.807) is 49.6 Å². The Morgan fingerprint density at radius 1 is 1.10 bits per heavy atom. The SMILES string of the molecule is C[C@@H](Oc1ccc2c(c1)OCO2)C(=O)N[C@H](c1ccc(Cl)cc1)c1cccnc1. The average Bonchev–Trinajstić information content (AvgIpc) is 3.21. The molecule has 0 saturated carbocycles. The average molecular weight is 411 g/mol. The molecule has 1 N–H and O–H groups in total. The van der Waals surface area contributed by atoms with Crippen LogP contribution >= 0.6 is 11.6 Å². The van der Waals surface area contributed by atoms with E-state index < -0.39 is 6.10 Å². The Labute approximate surface area is 173 Å². The molecule has 0 aliphatic carbocycles. The van der Waals surface area contributed by atoms with Crippen molar-refractivity contribution in [3.8, 4) is 17.2 Å². The van der Waals surface area contributed by atoms with Gasteiger partial charge in [-0.25, -0.2) is 0 Å². The second kappa shape index (κ2) is 8.41. The molecule has 0 bridgehead atoms. The molecule has 0 fully saturated rings. The number of carbonyl (C=O) groups excluding carboxylic acids is 1. The third kappa shape index (κ3) is 4.43. The molecule has 1 amide bonds. The lowest BCUT2D eigenvalue weighted by Gasteiger charge is -2.22. The molecular formula is C22H19ClN2O4. The summed E-state index contributed by atoms with van der Waals surface area (Å²) in [5.41, 5.74) is 1.75. The number of hydrogen-bond donors (Lipinski definition) is 1. The van der Waals surface area contributed by atoms with Crippen molar-refractivity contribution in [2.45, 2.75) is 19.1 Å². The molecule has 2 aromatic carbocycles. The van der Waals surface area contributed by atoms with Gasteiger partial charge in [-0.3, -0.25) is 9.78 Å². The summed E-state index contributed by atoms with van der Waals surface area (Å²) in [5, 5.41) is 3.67. The van der Waals surface area contributed by atoms with E-state index in [4.69, 9.17) is 25.8 Å². The molecule has 0 saturated heterocycles. The summed E-state index contributed by atoms with van der Waals surface area (Å²) in [5.74, 6) is 1.53. The van der Waals surface area contributed by atoms with E-state index in [2.05, 4.69) is 10.3 Å². The molecule has 0 unspecified atom stereocenters. The lowest BCUT2D eigenvalue weighted by Crippen LogP contribution is -2.39.